The molecule has 1 aliphatic rings. The lowest BCUT2D eigenvalue weighted by atomic mass is 10.0. The van der Waals surface area contributed by atoms with Crippen LogP contribution >= 0.6 is 11.6 Å². The lowest BCUT2D eigenvalue weighted by Crippen LogP contribution is -2.34. The van der Waals surface area contributed by atoms with Gasteiger partial charge >= 0.3 is 0 Å². The maximum Gasteiger partial charge on any atom is 0.251 e. The van der Waals surface area contributed by atoms with Crippen LogP contribution in [0.15, 0.2) is 48.5 Å². The highest BCUT2D eigenvalue weighted by molar-refractivity contribution is 6.33. The van der Waals surface area contributed by atoms with E-state index in [1.54, 1.807) is 6.92 Å². The number of rotatable bonds is 7. The molecule has 5 nitrogen and oxygen atoms in total. The number of hydrogen-bond donors (Lipinski definition) is 1. The van der Waals surface area contributed by atoms with E-state index in [1.165, 1.54) is 0 Å². The lowest BCUT2D eigenvalue weighted by Gasteiger charge is -2.21. The highest BCUT2D eigenvalue weighted by Gasteiger charge is 2.16. The van der Waals surface area contributed by atoms with Crippen molar-refractivity contribution < 1.29 is 9.59 Å². The Balaban J connectivity index is 1.38. The normalized spacial score (nSPS) is 14.9. The summed E-state index contributed by atoms with van der Waals surface area (Å²) in [4.78, 5) is 28.2. The van der Waals surface area contributed by atoms with Crippen LogP contribution < -0.4 is 5.32 Å². The molecule has 1 fully saturated rings. The van der Waals surface area contributed by atoms with Crippen molar-refractivity contribution in [1.29, 1.82) is 0 Å². The van der Waals surface area contributed by atoms with E-state index in [4.69, 9.17) is 11.6 Å². The maximum absolute atomic E-state index is 12.4. The van der Waals surface area contributed by atoms with Crippen LogP contribution in [0, 0.1) is 0 Å². The second kappa shape index (κ2) is 11.1. The van der Waals surface area contributed by atoms with Crippen molar-refractivity contribution in [3.63, 3.8) is 0 Å². The van der Waals surface area contributed by atoms with E-state index in [-0.39, 0.29) is 11.8 Å². The van der Waals surface area contributed by atoms with E-state index >= 15 is 0 Å². The zero-order valence-corrected chi connectivity index (χ0v) is 18.3. The van der Waals surface area contributed by atoms with Gasteiger partial charge in [0, 0.05) is 49.3 Å². The molecule has 1 saturated heterocycles. The summed E-state index contributed by atoms with van der Waals surface area (Å²) in [6.45, 7) is 6.96. The van der Waals surface area contributed by atoms with Crippen LogP contribution in [0.2, 0.25) is 5.02 Å². The second-order valence-corrected chi connectivity index (χ2v) is 8.13. The number of carbonyl (C=O) groups is 2. The quantitative estimate of drug-likeness (QED) is 0.677. The molecule has 0 unspecified atom stereocenters. The van der Waals surface area contributed by atoms with Crippen molar-refractivity contribution in [2.75, 3.05) is 39.3 Å². The van der Waals surface area contributed by atoms with Crippen LogP contribution in [0.1, 0.15) is 36.5 Å². The summed E-state index contributed by atoms with van der Waals surface area (Å²) in [5.74, 6) is 0.118. The highest BCUT2D eigenvalue weighted by Crippen LogP contribution is 2.27. The SMILES string of the molecule is CC(=O)N1CCCN(CCCCNC(=O)c2ccc(-c3ccccc3Cl)cc2)CC1. The summed E-state index contributed by atoms with van der Waals surface area (Å²) in [7, 11) is 0. The van der Waals surface area contributed by atoms with Crippen molar-refractivity contribution in [3.8, 4) is 11.1 Å². The van der Waals surface area contributed by atoms with E-state index in [2.05, 4.69) is 10.2 Å². The molecule has 0 bridgehead atoms. The van der Waals surface area contributed by atoms with E-state index in [1.807, 2.05) is 53.4 Å². The van der Waals surface area contributed by atoms with Gasteiger partial charge in [-0.3, -0.25) is 9.59 Å². The van der Waals surface area contributed by atoms with Gasteiger partial charge in [-0.2, -0.15) is 0 Å². The van der Waals surface area contributed by atoms with Gasteiger partial charge in [-0.1, -0.05) is 41.9 Å². The second-order valence-electron chi connectivity index (χ2n) is 7.72. The van der Waals surface area contributed by atoms with Crippen LogP contribution in [0.3, 0.4) is 0 Å². The Hall–Kier alpha value is -2.37. The van der Waals surface area contributed by atoms with Gasteiger partial charge in [0.05, 0.1) is 0 Å². The van der Waals surface area contributed by atoms with Crippen LogP contribution in [0.25, 0.3) is 11.1 Å². The van der Waals surface area contributed by atoms with Crippen molar-refractivity contribution in [3.05, 3.63) is 59.1 Å². The molecule has 3 rings (SSSR count). The summed E-state index contributed by atoms with van der Waals surface area (Å²) >= 11 is 6.25. The average Bonchev–Trinajstić information content (AvgIpc) is 3.00. The van der Waals surface area contributed by atoms with Crippen LogP contribution in [-0.4, -0.2) is 60.9 Å². The first kappa shape index (κ1) is 22.3. The van der Waals surface area contributed by atoms with Crippen molar-refractivity contribution in [1.82, 2.24) is 15.1 Å². The molecule has 0 radical (unpaired) electrons. The Kier molecular flexibility index (Phi) is 8.29. The first-order valence-corrected chi connectivity index (χ1v) is 11.0. The standard InChI is InChI=1S/C24H30ClN3O2/c1-19(29)28-16-6-15-27(17-18-28)14-5-4-13-26-24(30)21-11-9-20(10-12-21)22-7-2-3-8-23(22)25/h2-3,7-12H,4-6,13-18H2,1H3,(H,26,30). The Labute approximate surface area is 184 Å². The first-order chi connectivity index (χ1) is 14.5. The number of carbonyl (C=O) groups excluding carboxylic acids is 2. The number of unbranched alkanes of at least 4 members (excludes halogenated alkanes) is 1. The molecule has 30 heavy (non-hydrogen) atoms. The summed E-state index contributed by atoms with van der Waals surface area (Å²) in [5, 5.41) is 3.71. The number of hydrogen-bond acceptors (Lipinski definition) is 3. The number of nitrogens with one attached hydrogen (secondary N) is 1. The number of halogens is 1. The minimum Gasteiger partial charge on any atom is -0.352 e. The molecule has 1 aliphatic heterocycles. The molecular formula is C24H30ClN3O2. The molecule has 0 atom stereocenters. The van der Waals surface area contributed by atoms with E-state index in [0.29, 0.717) is 17.1 Å². The van der Waals surface area contributed by atoms with Crippen LogP contribution in [0.5, 0.6) is 0 Å². The third-order valence-electron chi connectivity index (χ3n) is 5.55. The third kappa shape index (κ3) is 6.31. The van der Waals surface area contributed by atoms with E-state index in [0.717, 1.165) is 63.1 Å². The Morgan fingerprint density at radius 1 is 0.967 bits per heavy atom. The Morgan fingerprint density at radius 2 is 1.73 bits per heavy atom. The monoisotopic (exact) mass is 427 g/mol. The summed E-state index contributed by atoms with van der Waals surface area (Å²) in [5.41, 5.74) is 2.62. The maximum atomic E-state index is 12.4. The molecule has 0 aromatic heterocycles. The molecule has 160 valence electrons. The fourth-order valence-electron chi connectivity index (χ4n) is 3.77. The Morgan fingerprint density at radius 3 is 2.47 bits per heavy atom. The van der Waals surface area contributed by atoms with Gasteiger partial charge in [-0.05, 0) is 56.1 Å². The van der Waals surface area contributed by atoms with E-state index in [9.17, 15) is 9.59 Å². The molecule has 1 N–H and O–H groups in total. The van der Waals surface area contributed by atoms with Crippen molar-refractivity contribution in [2.24, 2.45) is 0 Å². The molecule has 1 heterocycles. The summed E-state index contributed by atoms with van der Waals surface area (Å²) in [6, 6.07) is 15.2. The molecular weight excluding hydrogens is 398 g/mol. The molecule has 0 spiro atoms. The van der Waals surface area contributed by atoms with Gasteiger partial charge in [-0.25, -0.2) is 0 Å². The van der Waals surface area contributed by atoms with Crippen molar-refractivity contribution in [2.45, 2.75) is 26.2 Å². The lowest BCUT2D eigenvalue weighted by molar-refractivity contribution is -0.128. The summed E-state index contributed by atoms with van der Waals surface area (Å²) < 4.78 is 0. The average molecular weight is 428 g/mol. The molecule has 0 saturated carbocycles. The van der Waals surface area contributed by atoms with Gasteiger partial charge in [0.25, 0.3) is 5.91 Å². The molecule has 0 aliphatic carbocycles. The predicted octanol–water partition coefficient (Wildman–Crippen LogP) is 4.07. The number of benzene rings is 2. The van der Waals surface area contributed by atoms with Gasteiger partial charge < -0.3 is 15.1 Å². The summed E-state index contributed by atoms with van der Waals surface area (Å²) in [6.07, 6.45) is 3.00. The molecule has 2 amide bonds. The fraction of sp³-hybridized carbons (Fsp3) is 0.417. The molecule has 2 aromatic rings. The number of amides is 2. The highest BCUT2D eigenvalue weighted by atomic mass is 35.5. The van der Waals surface area contributed by atoms with Crippen molar-refractivity contribution >= 4 is 23.4 Å². The van der Waals surface area contributed by atoms with Gasteiger partial charge in [0.2, 0.25) is 5.91 Å². The van der Waals surface area contributed by atoms with E-state index < -0.39 is 0 Å². The third-order valence-corrected chi connectivity index (χ3v) is 5.88. The van der Waals surface area contributed by atoms with Gasteiger partial charge in [-0.15, -0.1) is 0 Å². The largest absolute Gasteiger partial charge is 0.352 e. The fourth-order valence-corrected chi connectivity index (χ4v) is 4.02. The Bertz CT molecular complexity index is 854. The first-order valence-electron chi connectivity index (χ1n) is 10.7. The minimum atomic E-state index is -0.0485. The van der Waals surface area contributed by atoms with Crippen LogP contribution in [-0.2, 0) is 4.79 Å². The zero-order valence-electron chi connectivity index (χ0n) is 17.6. The topological polar surface area (TPSA) is 52.7 Å². The molecule has 2 aromatic carbocycles. The van der Waals surface area contributed by atoms with Gasteiger partial charge in [0.15, 0.2) is 0 Å². The van der Waals surface area contributed by atoms with Gasteiger partial charge in [0.1, 0.15) is 0 Å². The number of nitrogens with zero attached hydrogens (tertiary/aromatic N) is 2. The zero-order chi connectivity index (χ0) is 21.3. The molecule has 6 heteroatoms. The minimum absolute atomic E-state index is 0.0485. The predicted molar refractivity (Wildman–Crippen MR) is 122 cm³/mol. The van der Waals surface area contributed by atoms with Crippen LogP contribution in [0.4, 0.5) is 0 Å². The smallest absolute Gasteiger partial charge is 0.251 e.